The van der Waals surface area contributed by atoms with Crippen LogP contribution in [0.5, 0.6) is 0 Å². The number of halogens is 1. The Morgan fingerprint density at radius 2 is 1.94 bits per heavy atom. The highest BCUT2D eigenvalue weighted by molar-refractivity contribution is 5.66. The Bertz CT molecular complexity index is 1080. The van der Waals surface area contributed by atoms with E-state index >= 15 is 0 Å². The molecule has 7 nitrogen and oxygen atoms in total. The third-order valence-corrected chi connectivity index (χ3v) is 6.03. The van der Waals surface area contributed by atoms with Crippen molar-refractivity contribution in [1.29, 1.82) is 0 Å². The number of benzene rings is 1. The highest BCUT2D eigenvalue weighted by atomic mass is 19.1. The quantitative estimate of drug-likeness (QED) is 0.584. The average molecular weight is 439 g/mol. The summed E-state index contributed by atoms with van der Waals surface area (Å²) in [4.78, 5) is 13.6. The van der Waals surface area contributed by atoms with Gasteiger partial charge in [-0.05, 0) is 38.5 Å². The lowest BCUT2D eigenvalue weighted by molar-refractivity contribution is -0.0348. The van der Waals surface area contributed by atoms with Crippen molar-refractivity contribution in [3.05, 3.63) is 58.9 Å². The molecule has 0 spiro atoms. The predicted octanol–water partition coefficient (Wildman–Crippen LogP) is 3.76. The van der Waals surface area contributed by atoms with Crippen LogP contribution in [-0.2, 0) is 17.8 Å². The third-order valence-electron chi connectivity index (χ3n) is 6.03. The number of hydrogen-bond acceptors (Lipinski definition) is 6. The highest BCUT2D eigenvalue weighted by Crippen LogP contribution is 2.32. The van der Waals surface area contributed by atoms with Gasteiger partial charge in [0.05, 0.1) is 18.0 Å². The zero-order valence-corrected chi connectivity index (χ0v) is 19.5. The first kappa shape index (κ1) is 22.4. The normalized spacial score (nSPS) is 17.0. The van der Waals surface area contributed by atoms with Crippen LogP contribution in [-0.4, -0.2) is 58.4 Å². The molecule has 0 saturated carbocycles. The molecule has 0 bridgehead atoms. The maximum absolute atomic E-state index is 13.5. The number of rotatable bonds is 6. The Hall–Kier alpha value is -2.84. The van der Waals surface area contributed by atoms with Crippen LogP contribution in [0.2, 0.25) is 0 Å². The van der Waals surface area contributed by atoms with E-state index in [2.05, 4.69) is 40.4 Å². The molecule has 32 heavy (non-hydrogen) atoms. The molecule has 1 aliphatic rings. The Balaban J connectivity index is 1.64. The van der Waals surface area contributed by atoms with Gasteiger partial charge in [0.2, 0.25) is 5.95 Å². The number of aromatic nitrogens is 4. The molecule has 2 aromatic heterocycles. The molecule has 0 N–H and O–H groups in total. The second-order valence-corrected chi connectivity index (χ2v) is 8.43. The van der Waals surface area contributed by atoms with Crippen LogP contribution < -0.4 is 4.90 Å². The van der Waals surface area contributed by atoms with Gasteiger partial charge in [-0.15, -0.1) is 0 Å². The average Bonchev–Trinajstić information content (AvgIpc) is 3.07. The van der Waals surface area contributed by atoms with Crippen molar-refractivity contribution in [3.63, 3.8) is 0 Å². The fourth-order valence-corrected chi connectivity index (χ4v) is 4.20. The van der Waals surface area contributed by atoms with Crippen molar-refractivity contribution in [1.82, 2.24) is 24.6 Å². The van der Waals surface area contributed by atoms with Crippen LogP contribution in [0.3, 0.4) is 0 Å². The van der Waals surface area contributed by atoms with Crippen molar-refractivity contribution in [2.75, 3.05) is 38.7 Å². The molecule has 1 atom stereocenters. The van der Waals surface area contributed by atoms with E-state index in [-0.39, 0.29) is 11.9 Å². The van der Waals surface area contributed by atoms with Gasteiger partial charge in [0, 0.05) is 63.3 Å². The van der Waals surface area contributed by atoms with Gasteiger partial charge in [0.15, 0.2) is 0 Å². The van der Waals surface area contributed by atoms with Crippen molar-refractivity contribution in [2.45, 2.75) is 40.0 Å². The minimum Gasteiger partial charge on any atom is -0.369 e. The van der Waals surface area contributed by atoms with E-state index in [1.807, 2.05) is 25.2 Å². The molecule has 1 unspecified atom stereocenters. The number of morpholine rings is 1. The lowest BCUT2D eigenvalue weighted by Gasteiger charge is -2.33. The first-order valence-electron chi connectivity index (χ1n) is 11.0. The molecule has 4 rings (SSSR count). The summed E-state index contributed by atoms with van der Waals surface area (Å²) in [5.74, 6) is 0.363. The second-order valence-electron chi connectivity index (χ2n) is 8.43. The Morgan fingerprint density at radius 3 is 2.59 bits per heavy atom. The van der Waals surface area contributed by atoms with E-state index in [0.29, 0.717) is 19.1 Å². The smallest absolute Gasteiger partial charge is 0.225 e. The van der Waals surface area contributed by atoms with E-state index in [0.717, 1.165) is 42.1 Å². The Labute approximate surface area is 188 Å². The largest absolute Gasteiger partial charge is 0.369 e. The molecule has 8 heteroatoms. The van der Waals surface area contributed by atoms with Crippen LogP contribution in [0.4, 0.5) is 10.3 Å². The predicted molar refractivity (Wildman–Crippen MR) is 123 cm³/mol. The Kier molecular flexibility index (Phi) is 6.53. The first-order chi connectivity index (χ1) is 15.4. The summed E-state index contributed by atoms with van der Waals surface area (Å²) < 4.78 is 21.8. The van der Waals surface area contributed by atoms with Gasteiger partial charge < -0.3 is 9.64 Å². The molecule has 1 saturated heterocycles. The van der Waals surface area contributed by atoms with Gasteiger partial charge in [-0.2, -0.15) is 5.10 Å². The summed E-state index contributed by atoms with van der Waals surface area (Å²) in [7, 11) is 3.84. The monoisotopic (exact) mass is 438 g/mol. The highest BCUT2D eigenvalue weighted by Gasteiger charge is 2.28. The minimum absolute atomic E-state index is 0.202. The number of anilines is 1. The molecule has 1 aromatic carbocycles. The van der Waals surface area contributed by atoms with E-state index in [1.165, 1.54) is 23.4 Å². The number of aryl methyl sites for hydroxylation is 2. The number of ether oxygens (including phenoxy) is 1. The van der Waals surface area contributed by atoms with Crippen molar-refractivity contribution < 1.29 is 9.13 Å². The van der Waals surface area contributed by atoms with E-state index in [1.54, 1.807) is 12.1 Å². The lowest BCUT2D eigenvalue weighted by Crippen LogP contribution is -2.38. The van der Waals surface area contributed by atoms with Gasteiger partial charge in [-0.25, -0.2) is 14.4 Å². The first-order valence-corrected chi connectivity index (χ1v) is 11.0. The van der Waals surface area contributed by atoms with Crippen LogP contribution in [0.15, 0.2) is 30.5 Å². The van der Waals surface area contributed by atoms with Crippen molar-refractivity contribution in [2.24, 2.45) is 0 Å². The zero-order valence-electron chi connectivity index (χ0n) is 19.5. The molecule has 3 aromatic rings. The minimum atomic E-state index is -0.264. The molecular weight excluding hydrogens is 407 g/mol. The fourth-order valence-electron chi connectivity index (χ4n) is 4.20. The molecular formula is C24H31FN6O. The molecule has 0 amide bonds. The van der Waals surface area contributed by atoms with Crippen LogP contribution in [0.1, 0.15) is 35.7 Å². The summed E-state index contributed by atoms with van der Waals surface area (Å²) in [6, 6.07) is 6.45. The topological polar surface area (TPSA) is 59.3 Å². The van der Waals surface area contributed by atoms with Gasteiger partial charge in [0.1, 0.15) is 11.9 Å². The van der Waals surface area contributed by atoms with E-state index in [9.17, 15) is 4.39 Å². The molecule has 3 heterocycles. The summed E-state index contributed by atoms with van der Waals surface area (Å²) in [5.41, 5.74) is 6.16. The molecule has 170 valence electrons. The third kappa shape index (κ3) is 4.52. The van der Waals surface area contributed by atoms with E-state index in [4.69, 9.17) is 9.72 Å². The Morgan fingerprint density at radius 1 is 1.19 bits per heavy atom. The zero-order chi connectivity index (χ0) is 22.8. The van der Waals surface area contributed by atoms with Crippen molar-refractivity contribution in [3.8, 4) is 11.1 Å². The number of hydrogen-bond donors (Lipinski definition) is 0. The lowest BCUT2D eigenvalue weighted by atomic mass is 10.0. The molecule has 0 radical (unpaired) electrons. The van der Waals surface area contributed by atoms with Gasteiger partial charge >= 0.3 is 0 Å². The van der Waals surface area contributed by atoms with Gasteiger partial charge in [-0.3, -0.25) is 9.58 Å². The summed E-state index contributed by atoms with van der Waals surface area (Å²) in [6.07, 6.45) is 1.61. The fraction of sp³-hybridized carbons (Fsp3) is 0.458. The summed E-state index contributed by atoms with van der Waals surface area (Å²) in [5, 5.41) is 4.67. The summed E-state index contributed by atoms with van der Waals surface area (Å²) >= 11 is 0. The molecule has 0 aliphatic carbocycles. The summed E-state index contributed by atoms with van der Waals surface area (Å²) in [6.45, 7) is 10.2. The van der Waals surface area contributed by atoms with Crippen LogP contribution in [0.25, 0.3) is 11.1 Å². The molecule has 1 fully saturated rings. The maximum atomic E-state index is 13.5. The van der Waals surface area contributed by atoms with E-state index < -0.39 is 0 Å². The standard InChI is InChI=1S/C24H31FN6O/c1-6-31-17(3)21(16(2)28-31)14-30-11-12-32-22(15-30)23-20(13-26-24(27-23)29(4)5)18-7-9-19(25)10-8-18/h7-10,13,22H,6,11-12,14-15H2,1-5H3. The van der Waals surface area contributed by atoms with Crippen LogP contribution in [0, 0.1) is 19.7 Å². The van der Waals surface area contributed by atoms with Crippen LogP contribution >= 0.6 is 0 Å². The van der Waals surface area contributed by atoms with Gasteiger partial charge in [-0.1, -0.05) is 12.1 Å². The number of nitrogens with zero attached hydrogens (tertiary/aromatic N) is 6. The van der Waals surface area contributed by atoms with Gasteiger partial charge in [0.25, 0.3) is 0 Å². The second kappa shape index (κ2) is 9.34. The maximum Gasteiger partial charge on any atom is 0.225 e. The SMILES string of the molecule is CCn1nc(C)c(CN2CCOC(c3nc(N(C)C)ncc3-c3ccc(F)cc3)C2)c1C. The van der Waals surface area contributed by atoms with Crippen molar-refractivity contribution >= 4 is 5.95 Å². The molecule has 1 aliphatic heterocycles.